The zero-order valence-electron chi connectivity index (χ0n) is 13.1. The quantitative estimate of drug-likeness (QED) is 0.405. The fourth-order valence-corrected chi connectivity index (χ4v) is 2.62. The second-order valence-electron chi connectivity index (χ2n) is 5.26. The van der Waals surface area contributed by atoms with E-state index in [0.29, 0.717) is 10.8 Å². The molecule has 0 radical (unpaired) electrons. The van der Waals surface area contributed by atoms with E-state index in [1.54, 1.807) is 18.4 Å². The Morgan fingerprint density at radius 2 is 1.76 bits per heavy atom. The van der Waals surface area contributed by atoms with Crippen LogP contribution in [0.25, 0.3) is 0 Å². The van der Waals surface area contributed by atoms with Crippen LogP contribution in [0.4, 0.5) is 11.4 Å². The Bertz CT molecular complexity index is 849. The van der Waals surface area contributed by atoms with Gasteiger partial charge in [0.2, 0.25) is 0 Å². The third-order valence-electron chi connectivity index (χ3n) is 3.57. The fourth-order valence-electron chi connectivity index (χ4n) is 2.38. The van der Waals surface area contributed by atoms with E-state index in [-0.39, 0.29) is 11.7 Å². The predicted octanol–water partition coefficient (Wildman–Crippen LogP) is 4.26. The molecule has 3 aromatic rings. The van der Waals surface area contributed by atoms with Crippen molar-refractivity contribution in [1.29, 1.82) is 0 Å². The summed E-state index contributed by atoms with van der Waals surface area (Å²) in [6.07, 6.45) is 1.61. The van der Waals surface area contributed by atoms with Gasteiger partial charge in [-0.25, -0.2) is 0 Å². The van der Waals surface area contributed by atoms with Crippen LogP contribution in [0.3, 0.4) is 0 Å². The van der Waals surface area contributed by atoms with E-state index in [1.807, 2.05) is 42.5 Å². The van der Waals surface area contributed by atoms with Crippen LogP contribution in [0.15, 0.2) is 77.4 Å². The molecule has 0 aliphatic rings. The lowest BCUT2D eigenvalue weighted by molar-refractivity contribution is -0.384. The van der Waals surface area contributed by atoms with Crippen molar-refractivity contribution < 1.29 is 9.34 Å². The maximum atomic E-state index is 10.7. The highest BCUT2D eigenvalue weighted by atomic mass is 32.1. The van der Waals surface area contributed by atoms with Crippen LogP contribution >= 0.6 is 12.2 Å². The van der Waals surface area contributed by atoms with Gasteiger partial charge in [0, 0.05) is 17.8 Å². The number of anilines is 1. The molecule has 0 bridgehead atoms. The number of benzene rings is 2. The van der Waals surface area contributed by atoms with Crippen molar-refractivity contribution in [1.82, 2.24) is 5.32 Å². The van der Waals surface area contributed by atoms with Crippen LogP contribution in [0.1, 0.15) is 17.4 Å². The minimum Gasteiger partial charge on any atom is -0.467 e. The second-order valence-corrected chi connectivity index (χ2v) is 5.67. The molecule has 1 atom stereocenters. The van der Waals surface area contributed by atoms with Crippen LogP contribution in [0.2, 0.25) is 0 Å². The first-order valence-electron chi connectivity index (χ1n) is 7.54. The number of nitro benzene ring substituents is 1. The molecule has 6 nitrogen and oxygen atoms in total. The maximum absolute atomic E-state index is 10.7. The molecule has 126 valence electrons. The third-order valence-corrected chi connectivity index (χ3v) is 3.79. The Hall–Kier alpha value is -3.19. The Labute approximate surface area is 149 Å². The maximum Gasteiger partial charge on any atom is 0.269 e. The molecule has 7 heteroatoms. The van der Waals surface area contributed by atoms with Gasteiger partial charge in [0.25, 0.3) is 5.69 Å². The molecule has 0 amide bonds. The molecular formula is C18H15N3O3S. The van der Waals surface area contributed by atoms with Crippen LogP contribution in [0, 0.1) is 10.1 Å². The van der Waals surface area contributed by atoms with E-state index >= 15 is 0 Å². The van der Waals surface area contributed by atoms with Gasteiger partial charge in [-0.05, 0) is 42.0 Å². The van der Waals surface area contributed by atoms with Crippen LogP contribution < -0.4 is 10.6 Å². The number of nitrogens with zero attached hydrogens (tertiary/aromatic N) is 1. The molecule has 0 saturated heterocycles. The molecular weight excluding hydrogens is 338 g/mol. The van der Waals surface area contributed by atoms with Gasteiger partial charge in [-0.15, -0.1) is 0 Å². The molecule has 0 aliphatic carbocycles. The average Bonchev–Trinajstić information content (AvgIpc) is 3.15. The average molecular weight is 353 g/mol. The highest BCUT2D eigenvalue weighted by Crippen LogP contribution is 2.23. The monoisotopic (exact) mass is 353 g/mol. The first-order valence-corrected chi connectivity index (χ1v) is 7.94. The summed E-state index contributed by atoms with van der Waals surface area (Å²) in [7, 11) is 0. The number of hydrogen-bond donors (Lipinski definition) is 2. The van der Waals surface area contributed by atoms with Gasteiger partial charge in [-0.3, -0.25) is 10.1 Å². The Morgan fingerprint density at radius 1 is 1.04 bits per heavy atom. The van der Waals surface area contributed by atoms with Gasteiger partial charge in [0.1, 0.15) is 11.8 Å². The normalized spacial score (nSPS) is 11.5. The number of nitro groups is 1. The Morgan fingerprint density at radius 3 is 2.36 bits per heavy atom. The van der Waals surface area contributed by atoms with Crippen molar-refractivity contribution in [3.05, 3.63) is 94.4 Å². The van der Waals surface area contributed by atoms with Crippen LogP contribution in [-0.4, -0.2) is 10.0 Å². The van der Waals surface area contributed by atoms with Crippen molar-refractivity contribution >= 4 is 28.7 Å². The van der Waals surface area contributed by atoms with E-state index in [2.05, 4.69) is 10.6 Å². The molecule has 2 N–H and O–H groups in total. The van der Waals surface area contributed by atoms with E-state index in [1.165, 1.54) is 12.1 Å². The summed E-state index contributed by atoms with van der Waals surface area (Å²) in [6, 6.07) is 19.3. The van der Waals surface area contributed by atoms with E-state index in [4.69, 9.17) is 16.6 Å². The molecule has 3 rings (SSSR count). The largest absolute Gasteiger partial charge is 0.467 e. The summed E-state index contributed by atoms with van der Waals surface area (Å²) in [6.45, 7) is 0. The molecule has 1 aromatic heterocycles. The first-order chi connectivity index (χ1) is 12.1. The van der Waals surface area contributed by atoms with Gasteiger partial charge in [-0.2, -0.15) is 0 Å². The Balaban J connectivity index is 1.73. The molecule has 25 heavy (non-hydrogen) atoms. The van der Waals surface area contributed by atoms with E-state index in [9.17, 15) is 10.1 Å². The summed E-state index contributed by atoms with van der Waals surface area (Å²) in [5, 5.41) is 17.3. The highest BCUT2D eigenvalue weighted by molar-refractivity contribution is 7.80. The van der Waals surface area contributed by atoms with Crippen molar-refractivity contribution in [2.24, 2.45) is 0 Å². The molecule has 0 aliphatic heterocycles. The standard InChI is InChI=1S/C18H15N3O3S/c22-21(23)15-10-8-14(9-11-15)19-18(25)20-17(16-7-4-12-24-16)13-5-2-1-3-6-13/h1-12,17H,(H2,19,20,25)/t17-/m1/s1. The molecule has 2 aromatic carbocycles. The summed E-state index contributed by atoms with van der Waals surface area (Å²) < 4.78 is 5.52. The Kier molecular flexibility index (Phi) is 5.06. The predicted molar refractivity (Wildman–Crippen MR) is 99.4 cm³/mol. The molecule has 1 heterocycles. The summed E-state index contributed by atoms with van der Waals surface area (Å²) >= 11 is 5.37. The zero-order chi connectivity index (χ0) is 17.6. The first kappa shape index (κ1) is 16.7. The number of non-ortho nitro benzene ring substituents is 1. The van der Waals surface area contributed by atoms with Crippen molar-refractivity contribution in [3.63, 3.8) is 0 Å². The highest BCUT2D eigenvalue weighted by Gasteiger charge is 2.17. The number of thiocarbonyl (C=S) groups is 1. The van der Waals surface area contributed by atoms with Crippen LogP contribution in [-0.2, 0) is 0 Å². The minimum atomic E-state index is -0.442. The second kappa shape index (κ2) is 7.59. The summed E-state index contributed by atoms with van der Waals surface area (Å²) in [4.78, 5) is 10.3. The zero-order valence-corrected chi connectivity index (χ0v) is 13.9. The number of furan rings is 1. The SMILES string of the molecule is O=[N+]([O-])c1ccc(NC(=S)N[C@H](c2ccccc2)c2ccco2)cc1. The van der Waals surface area contributed by atoms with Gasteiger partial charge < -0.3 is 15.1 Å². The molecule has 0 unspecified atom stereocenters. The van der Waals surface area contributed by atoms with Crippen molar-refractivity contribution in [3.8, 4) is 0 Å². The van der Waals surface area contributed by atoms with Gasteiger partial charge >= 0.3 is 0 Å². The topological polar surface area (TPSA) is 80.3 Å². The summed E-state index contributed by atoms with van der Waals surface area (Å²) in [5.41, 5.74) is 1.70. The lowest BCUT2D eigenvalue weighted by Gasteiger charge is -2.19. The smallest absolute Gasteiger partial charge is 0.269 e. The third kappa shape index (κ3) is 4.21. The van der Waals surface area contributed by atoms with Crippen LogP contribution in [0.5, 0.6) is 0 Å². The van der Waals surface area contributed by atoms with Gasteiger partial charge in [0.05, 0.1) is 11.2 Å². The van der Waals surface area contributed by atoms with E-state index in [0.717, 1.165) is 11.3 Å². The lowest BCUT2D eigenvalue weighted by atomic mass is 10.1. The summed E-state index contributed by atoms with van der Waals surface area (Å²) in [5.74, 6) is 0.735. The lowest BCUT2D eigenvalue weighted by Crippen LogP contribution is -2.32. The van der Waals surface area contributed by atoms with Crippen molar-refractivity contribution in [2.75, 3.05) is 5.32 Å². The molecule has 0 saturated carbocycles. The molecule has 0 spiro atoms. The number of nitrogens with one attached hydrogen (secondary N) is 2. The fraction of sp³-hybridized carbons (Fsp3) is 0.0556. The molecule has 0 fully saturated rings. The van der Waals surface area contributed by atoms with Crippen molar-refractivity contribution in [2.45, 2.75) is 6.04 Å². The number of hydrogen-bond acceptors (Lipinski definition) is 4. The van der Waals surface area contributed by atoms with Gasteiger partial charge in [-0.1, -0.05) is 30.3 Å². The van der Waals surface area contributed by atoms with Gasteiger partial charge in [0.15, 0.2) is 5.11 Å². The number of rotatable bonds is 5. The van der Waals surface area contributed by atoms with E-state index < -0.39 is 4.92 Å². The minimum absolute atomic E-state index is 0.0298.